The summed E-state index contributed by atoms with van der Waals surface area (Å²) in [6.07, 6.45) is 8.18. The van der Waals surface area contributed by atoms with E-state index in [2.05, 4.69) is 10.6 Å². The van der Waals surface area contributed by atoms with Gasteiger partial charge in [-0.25, -0.2) is 0 Å². The molecule has 0 radical (unpaired) electrons. The van der Waals surface area contributed by atoms with E-state index in [1.54, 1.807) is 13.2 Å². The summed E-state index contributed by atoms with van der Waals surface area (Å²) in [7, 11) is 1.61. The monoisotopic (exact) mass is 468 g/mol. The van der Waals surface area contributed by atoms with Crippen LogP contribution in [0.3, 0.4) is 0 Å². The molecule has 0 spiro atoms. The van der Waals surface area contributed by atoms with Crippen molar-refractivity contribution in [3.05, 3.63) is 52.5 Å². The molecule has 4 bridgehead atoms. The minimum Gasteiger partial charge on any atom is -0.493 e. The summed E-state index contributed by atoms with van der Waals surface area (Å²) < 4.78 is 11.3. The third-order valence-electron chi connectivity index (χ3n) is 7.72. The number of amides is 1. The average molecular weight is 469 g/mol. The summed E-state index contributed by atoms with van der Waals surface area (Å²) in [6.45, 7) is 2.61. The lowest BCUT2D eigenvalue weighted by atomic mass is 9.53. The summed E-state index contributed by atoms with van der Waals surface area (Å²) in [6, 6.07) is 11.3. The molecule has 4 fully saturated rings. The number of rotatable bonds is 8. The van der Waals surface area contributed by atoms with Gasteiger partial charge in [-0.2, -0.15) is 0 Å². The number of hydrogen-bond acceptors (Lipinski definition) is 4. The lowest BCUT2D eigenvalue weighted by Gasteiger charge is -2.57. The Labute approximate surface area is 201 Å². The first-order valence-electron chi connectivity index (χ1n) is 12.0. The van der Waals surface area contributed by atoms with Gasteiger partial charge in [0.25, 0.3) is 5.91 Å². The average Bonchev–Trinajstić information content (AvgIpc) is 2.77. The number of benzene rings is 2. The third kappa shape index (κ3) is 4.99. The van der Waals surface area contributed by atoms with E-state index >= 15 is 0 Å². The van der Waals surface area contributed by atoms with Crippen LogP contribution in [-0.2, 0) is 11.3 Å². The van der Waals surface area contributed by atoms with Crippen LogP contribution < -0.4 is 20.1 Å². The van der Waals surface area contributed by atoms with Crippen LogP contribution in [0.2, 0.25) is 5.02 Å². The molecule has 4 aliphatic rings. The van der Waals surface area contributed by atoms with E-state index in [4.69, 9.17) is 21.1 Å². The van der Waals surface area contributed by atoms with Crippen molar-refractivity contribution in [3.63, 3.8) is 0 Å². The third-order valence-corrected chi connectivity index (χ3v) is 8.07. The fraction of sp³-hybridized carbons (Fsp3) is 0.519. The highest BCUT2D eigenvalue weighted by atomic mass is 35.5. The molecule has 0 unspecified atom stereocenters. The SMILES string of the molecule is COc1cc(CNC23CC4CC(CC(C4)C2)C3)c(Cl)cc1OCC(=O)Nc1ccc(C)cc1. The molecule has 2 aromatic carbocycles. The fourth-order valence-corrected chi connectivity index (χ4v) is 6.79. The zero-order valence-corrected chi connectivity index (χ0v) is 20.2. The lowest BCUT2D eigenvalue weighted by Crippen LogP contribution is -2.58. The zero-order chi connectivity index (χ0) is 23.0. The molecule has 33 heavy (non-hydrogen) atoms. The molecule has 0 aromatic heterocycles. The van der Waals surface area contributed by atoms with Gasteiger partial charge in [0.2, 0.25) is 0 Å². The summed E-state index contributed by atoms with van der Waals surface area (Å²) in [5, 5.41) is 7.36. The number of nitrogens with one attached hydrogen (secondary N) is 2. The number of anilines is 1. The second kappa shape index (κ2) is 9.19. The van der Waals surface area contributed by atoms with Crippen molar-refractivity contribution in [2.45, 2.75) is 57.5 Å². The van der Waals surface area contributed by atoms with Gasteiger partial charge in [0.05, 0.1) is 7.11 Å². The normalized spacial score (nSPS) is 27.4. The Hall–Kier alpha value is -2.24. The van der Waals surface area contributed by atoms with Gasteiger partial charge in [0.15, 0.2) is 18.1 Å². The molecule has 0 saturated heterocycles. The molecular weight excluding hydrogens is 436 g/mol. The second-order valence-corrected chi connectivity index (χ2v) is 10.8. The molecule has 0 heterocycles. The predicted octanol–water partition coefficient (Wildman–Crippen LogP) is 5.73. The molecule has 0 aliphatic heterocycles. The Bertz CT molecular complexity index is 985. The van der Waals surface area contributed by atoms with Crippen molar-refractivity contribution in [1.82, 2.24) is 5.32 Å². The van der Waals surface area contributed by atoms with E-state index in [9.17, 15) is 4.79 Å². The number of ether oxygens (including phenoxy) is 2. The van der Waals surface area contributed by atoms with Crippen LogP contribution in [0.25, 0.3) is 0 Å². The fourth-order valence-electron chi connectivity index (χ4n) is 6.57. The van der Waals surface area contributed by atoms with Crippen LogP contribution in [0.5, 0.6) is 11.5 Å². The number of methoxy groups -OCH3 is 1. The molecule has 1 amide bonds. The summed E-state index contributed by atoms with van der Waals surface area (Å²) in [5.74, 6) is 3.52. The van der Waals surface area contributed by atoms with Crippen molar-refractivity contribution in [2.75, 3.05) is 19.0 Å². The topological polar surface area (TPSA) is 59.6 Å². The minimum absolute atomic E-state index is 0.120. The first kappa shape index (κ1) is 22.5. The molecular formula is C27H33ClN2O3. The zero-order valence-electron chi connectivity index (χ0n) is 19.5. The summed E-state index contributed by atoms with van der Waals surface area (Å²) in [4.78, 5) is 12.3. The van der Waals surface area contributed by atoms with Crippen molar-refractivity contribution < 1.29 is 14.3 Å². The molecule has 6 rings (SSSR count). The van der Waals surface area contributed by atoms with Crippen LogP contribution in [0.4, 0.5) is 5.69 Å². The Kier molecular flexibility index (Phi) is 6.28. The van der Waals surface area contributed by atoms with Gasteiger partial charge in [0.1, 0.15) is 0 Å². The molecule has 0 atom stereocenters. The van der Waals surface area contributed by atoms with Crippen molar-refractivity contribution in [2.24, 2.45) is 17.8 Å². The van der Waals surface area contributed by atoms with E-state index in [1.165, 1.54) is 38.5 Å². The van der Waals surface area contributed by atoms with Gasteiger partial charge in [-0.15, -0.1) is 0 Å². The molecule has 176 valence electrons. The van der Waals surface area contributed by atoms with Crippen LogP contribution in [-0.4, -0.2) is 25.2 Å². The largest absolute Gasteiger partial charge is 0.493 e. The molecule has 6 heteroatoms. The first-order valence-corrected chi connectivity index (χ1v) is 12.4. The number of halogens is 1. The standard InChI is InChI=1S/C27H33ClN2O3/c1-17-3-5-22(6-4-17)30-26(31)16-33-25-11-23(28)21(10-24(25)32-2)15-29-27-12-18-7-19(13-27)9-20(8-18)14-27/h3-6,10-11,18-20,29H,7-9,12-16H2,1-2H3,(H,30,31). The van der Waals surface area contributed by atoms with E-state index < -0.39 is 0 Å². The van der Waals surface area contributed by atoms with E-state index in [0.717, 1.165) is 41.1 Å². The van der Waals surface area contributed by atoms with Crippen LogP contribution in [0.15, 0.2) is 36.4 Å². The smallest absolute Gasteiger partial charge is 0.262 e. The Morgan fingerprint density at radius 1 is 1.03 bits per heavy atom. The maximum absolute atomic E-state index is 12.3. The van der Waals surface area contributed by atoms with E-state index in [0.29, 0.717) is 16.5 Å². The molecule has 4 aliphatic carbocycles. The molecule has 2 aromatic rings. The Morgan fingerprint density at radius 3 is 2.27 bits per heavy atom. The Balaban J connectivity index is 1.21. The maximum Gasteiger partial charge on any atom is 0.262 e. The summed E-state index contributed by atoms with van der Waals surface area (Å²) in [5.41, 5.74) is 3.15. The van der Waals surface area contributed by atoms with Gasteiger partial charge in [-0.3, -0.25) is 4.79 Å². The van der Waals surface area contributed by atoms with Crippen molar-refractivity contribution >= 4 is 23.2 Å². The van der Waals surface area contributed by atoms with Crippen LogP contribution >= 0.6 is 11.6 Å². The summed E-state index contributed by atoms with van der Waals surface area (Å²) >= 11 is 6.63. The number of hydrogen-bond donors (Lipinski definition) is 2. The Morgan fingerprint density at radius 2 is 1.67 bits per heavy atom. The van der Waals surface area contributed by atoms with Crippen molar-refractivity contribution in [3.8, 4) is 11.5 Å². The van der Waals surface area contributed by atoms with Crippen LogP contribution in [0, 0.1) is 24.7 Å². The minimum atomic E-state index is -0.232. The number of carbonyl (C=O) groups excluding carboxylic acids is 1. The second-order valence-electron chi connectivity index (χ2n) is 10.3. The number of aryl methyl sites for hydroxylation is 1. The number of carbonyl (C=O) groups is 1. The molecule has 5 nitrogen and oxygen atoms in total. The highest BCUT2D eigenvalue weighted by Gasteiger charge is 2.50. The van der Waals surface area contributed by atoms with Gasteiger partial charge in [0, 0.05) is 28.9 Å². The lowest BCUT2D eigenvalue weighted by molar-refractivity contribution is -0.118. The van der Waals surface area contributed by atoms with Crippen LogP contribution in [0.1, 0.15) is 49.7 Å². The van der Waals surface area contributed by atoms with Gasteiger partial charge >= 0.3 is 0 Å². The molecule has 2 N–H and O–H groups in total. The highest BCUT2D eigenvalue weighted by molar-refractivity contribution is 6.31. The highest BCUT2D eigenvalue weighted by Crippen LogP contribution is 2.55. The molecule has 4 saturated carbocycles. The quantitative estimate of drug-likeness (QED) is 0.519. The van der Waals surface area contributed by atoms with E-state index in [1.807, 2.05) is 37.3 Å². The first-order chi connectivity index (χ1) is 15.9. The van der Waals surface area contributed by atoms with Gasteiger partial charge < -0.3 is 20.1 Å². The predicted molar refractivity (Wildman–Crippen MR) is 131 cm³/mol. The van der Waals surface area contributed by atoms with Gasteiger partial charge in [-0.05, 0) is 87.0 Å². The maximum atomic E-state index is 12.3. The van der Waals surface area contributed by atoms with E-state index in [-0.39, 0.29) is 18.1 Å². The van der Waals surface area contributed by atoms with Crippen molar-refractivity contribution in [1.29, 1.82) is 0 Å². The van der Waals surface area contributed by atoms with Gasteiger partial charge in [-0.1, -0.05) is 29.3 Å².